The second-order valence-electron chi connectivity index (χ2n) is 4.99. The number of nitrogens with two attached hydrogens (primary N) is 1. The lowest BCUT2D eigenvalue weighted by Gasteiger charge is -2.27. The molecular weight excluding hydrogens is 312 g/mol. The second-order valence-corrected chi connectivity index (χ2v) is 7.28. The summed E-state index contributed by atoms with van der Waals surface area (Å²) in [5, 5.41) is 0.351. The third-order valence-electron chi connectivity index (χ3n) is 3.56. The summed E-state index contributed by atoms with van der Waals surface area (Å²) in [5.41, 5.74) is 6.89. The van der Waals surface area contributed by atoms with Crippen LogP contribution in [0.15, 0.2) is 17.0 Å². The molecule has 0 aliphatic rings. The number of rotatable bonds is 7. The molecule has 0 saturated carbocycles. The highest BCUT2D eigenvalue weighted by molar-refractivity contribution is 7.89. The first-order chi connectivity index (χ1) is 9.75. The third-order valence-corrected chi connectivity index (χ3v) is 5.95. The van der Waals surface area contributed by atoms with Gasteiger partial charge in [0.1, 0.15) is 0 Å². The summed E-state index contributed by atoms with van der Waals surface area (Å²) in [6, 6.07) is 2.77. The minimum absolute atomic E-state index is 0.118. The Hall–Kier alpha value is -0.820. The van der Waals surface area contributed by atoms with E-state index in [9.17, 15) is 8.42 Å². The van der Waals surface area contributed by atoms with Gasteiger partial charge in [-0.05, 0) is 38.0 Å². The smallest absolute Gasteiger partial charge is 0.243 e. The van der Waals surface area contributed by atoms with E-state index in [-0.39, 0.29) is 10.9 Å². The van der Waals surface area contributed by atoms with E-state index in [1.165, 1.54) is 16.4 Å². The van der Waals surface area contributed by atoms with Gasteiger partial charge in [-0.2, -0.15) is 4.31 Å². The van der Waals surface area contributed by atoms with Gasteiger partial charge in [0, 0.05) is 30.4 Å². The van der Waals surface area contributed by atoms with E-state index in [4.69, 9.17) is 22.1 Å². The van der Waals surface area contributed by atoms with Crippen LogP contribution in [0.3, 0.4) is 0 Å². The summed E-state index contributed by atoms with van der Waals surface area (Å²) in [4.78, 5) is 0.118. The van der Waals surface area contributed by atoms with Crippen molar-refractivity contribution >= 4 is 27.3 Å². The molecule has 5 nitrogen and oxygen atoms in total. The van der Waals surface area contributed by atoms with Crippen molar-refractivity contribution in [2.24, 2.45) is 0 Å². The van der Waals surface area contributed by atoms with Gasteiger partial charge < -0.3 is 10.5 Å². The Morgan fingerprint density at radius 3 is 2.52 bits per heavy atom. The third kappa shape index (κ3) is 4.10. The molecule has 0 amide bonds. The standard InChI is InChI=1S/C14H23ClN2O3S/c1-5-10(2)17(6-7-20-4)21(18,19)12-8-13(15)11(3)14(16)9-12/h8-10H,5-7,16H2,1-4H3. The maximum atomic E-state index is 12.8. The number of nitrogen functional groups attached to an aromatic ring is 1. The van der Waals surface area contributed by atoms with Gasteiger partial charge >= 0.3 is 0 Å². The van der Waals surface area contributed by atoms with Gasteiger partial charge in [0.2, 0.25) is 10.0 Å². The predicted octanol–water partition coefficient (Wildman–Crippen LogP) is 2.67. The lowest BCUT2D eigenvalue weighted by Crippen LogP contribution is -2.40. The summed E-state index contributed by atoms with van der Waals surface area (Å²) in [5.74, 6) is 0. The molecule has 21 heavy (non-hydrogen) atoms. The largest absolute Gasteiger partial charge is 0.398 e. The first-order valence-electron chi connectivity index (χ1n) is 6.82. The van der Waals surface area contributed by atoms with Gasteiger partial charge in [-0.3, -0.25) is 0 Å². The first-order valence-corrected chi connectivity index (χ1v) is 8.63. The van der Waals surface area contributed by atoms with Crippen LogP contribution in [0, 0.1) is 6.92 Å². The fourth-order valence-corrected chi connectivity index (χ4v) is 3.96. The molecule has 0 spiro atoms. The lowest BCUT2D eigenvalue weighted by atomic mass is 10.2. The quantitative estimate of drug-likeness (QED) is 0.778. The fourth-order valence-electron chi connectivity index (χ4n) is 1.92. The minimum atomic E-state index is -3.66. The number of halogens is 1. The van der Waals surface area contributed by atoms with Crippen molar-refractivity contribution in [1.82, 2.24) is 4.31 Å². The van der Waals surface area contributed by atoms with Crippen LogP contribution in [0.25, 0.3) is 0 Å². The normalized spacial score (nSPS) is 13.6. The van der Waals surface area contributed by atoms with Crippen LogP contribution < -0.4 is 5.73 Å². The highest BCUT2D eigenvalue weighted by atomic mass is 35.5. The molecule has 0 heterocycles. The number of sulfonamides is 1. The number of nitrogens with zero attached hydrogens (tertiary/aromatic N) is 1. The number of hydrogen-bond donors (Lipinski definition) is 1. The van der Waals surface area contributed by atoms with Crippen molar-refractivity contribution in [3.05, 3.63) is 22.7 Å². The van der Waals surface area contributed by atoms with Crippen LogP contribution in [-0.2, 0) is 14.8 Å². The van der Waals surface area contributed by atoms with E-state index in [1.54, 1.807) is 14.0 Å². The molecule has 1 aromatic carbocycles. The summed E-state index contributed by atoms with van der Waals surface area (Å²) in [6.45, 7) is 6.19. The van der Waals surface area contributed by atoms with Gasteiger partial charge in [0.05, 0.1) is 11.5 Å². The Bertz CT molecular complexity index is 567. The van der Waals surface area contributed by atoms with Crippen LogP contribution in [0.5, 0.6) is 0 Å². The second kappa shape index (κ2) is 7.45. The Morgan fingerprint density at radius 1 is 1.43 bits per heavy atom. The van der Waals surface area contributed by atoms with E-state index in [2.05, 4.69) is 0 Å². The zero-order chi connectivity index (χ0) is 16.2. The molecule has 0 fully saturated rings. The van der Waals surface area contributed by atoms with E-state index in [0.717, 1.165) is 0 Å². The number of benzene rings is 1. The van der Waals surface area contributed by atoms with E-state index in [0.29, 0.717) is 35.8 Å². The molecule has 0 aromatic heterocycles. The Morgan fingerprint density at radius 2 is 2.05 bits per heavy atom. The minimum Gasteiger partial charge on any atom is -0.398 e. The van der Waals surface area contributed by atoms with Crippen molar-refractivity contribution in [3.8, 4) is 0 Å². The summed E-state index contributed by atoms with van der Waals surface area (Å²) < 4.78 is 32.1. The van der Waals surface area contributed by atoms with Crippen molar-refractivity contribution in [2.75, 3.05) is 26.0 Å². The van der Waals surface area contributed by atoms with Gasteiger partial charge in [0.25, 0.3) is 0 Å². The van der Waals surface area contributed by atoms with Crippen molar-refractivity contribution < 1.29 is 13.2 Å². The Kier molecular flexibility index (Phi) is 6.46. The van der Waals surface area contributed by atoms with E-state index in [1.807, 2.05) is 13.8 Å². The fraction of sp³-hybridized carbons (Fsp3) is 0.571. The van der Waals surface area contributed by atoms with Crippen LogP contribution in [0.1, 0.15) is 25.8 Å². The van der Waals surface area contributed by atoms with E-state index >= 15 is 0 Å². The molecule has 1 aromatic rings. The monoisotopic (exact) mass is 334 g/mol. The number of anilines is 1. The molecule has 1 unspecified atom stereocenters. The van der Waals surface area contributed by atoms with Crippen molar-refractivity contribution in [1.29, 1.82) is 0 Å². The molecular formula is C14H23ClN2O3S. The zero-order valence-electron chi connectivity index (χ0n) is 12.9. The van der Waals surface area contributed by atoms with Crippen molar-refractivity contribution in [2.45, 2.75) is 38.1 Å². The lowest BCUT2D eigenvalue weighted by molar-refractivity contribution is 0.167. The number of methoxy groups -OCH3 is 1. The molecule has 7 heteroatoms. The summed E-state index contributed by atoms with van der Waals surface area (Å²) in [6.07, 6.45) is 0.706. The molecule has 0 aliphatic heterocycles. The van der Waals surface area contributed by atoms with Gasteiger partial charge in [-0.25, -0.2) is 8.42 Å². The number of ether oxygens (including phenoxy) is 1. The van der Waals surface area contributed by atoms with Gasteiger partial charge in [-0.15, -0.1) is 0 Å². The SMILES string of the molecule is CCC(C)N(CCOC)S(=O)(=O)c1cc(N)c(C)c(Cl)c1. The first kappa shape index (κ1) is 18.2. The Labute approximate surface area is 132 Å². The van der Waals surface area contributed by atoms with Crippen molar-refractivity contribution in [3.63, 3.8) is 0 Å². The molecule has 1 atom stereocenters. The topological polar surface area (TPSA) is 72.6 Å². The van der Waals surface area contributed by atoms with Crippen LogP contribution in [-0.4, -0.2) is 39.0 Å². The van der Waals surface area contributed by atoms with Crippen LogP contribution in [0.4, 0.5) is 5.69 Å². The summed E-state index contributed by atoms with van der Waals surface area (Å²) in [7, 11) is -2.11. The van der Waals surface area contributed by atoms with Gasteiger partial charge in [-0.1, -0.05) is 18.5 Å². The molecule has 120 valence electrons. The highest BCUT2D eigenvalue weighted by Gasteiger charge is 2.28. The molecule has 0 saturated heterocycles. The molecule has 1 rings (SSSR count). The maximum absolute atomic E-state index is 12.8. The average Bonchev–Trinajstić information content (AvgIpc) is 2.43. The molecule has 0 aliphatic carbocycles. The highest BCUT2D eigenvalue weighted by Crippen LogP contribution is 2.28. The molecule has 0 bridgehead atoms. The summed E-state index contributed by atoms with van der Waals surface area (Å²) >= 11 is 6.06. The maximum Gasteiger partial charge on any atom is 0.243 e. The average molecular weight is 335 g/mol. The molecule has 0 radical (unpaired) electrons. The van der Waals surface area contributed by atoms with Crippen LogP contribution in [0.2, 0.25) is 5.02 Å². The van der Waals surface area contributed by atoms with Gasteiger partial charge in [0.15, 0.2) is 0 Å². The molecule has 2 N–H and O–H groups in total. The zero-order valence-corrected chi connectivity index (χ0v) is 14.5. The number of hydrogen-bond acceptors (Lipinski definition) is 4. The van der Waals surface area contributed by atoms with E-state index < -0.39 is 10.0 Å². The Balaban J connectivity index is 3.28. The van der Waals surface area contributed by atoms with Crippen LogP contribution >= 0.6 is 11.6 Å². The predicted molar refractivity (Wildman–Crippen MR) is 86.1 cm³/mol.